The van der Waals surface area contributed by atoms with E-state index in [1.54, 1.807) is 7.05 Å². The number of esters is 1. The molecule has 0 aliphatic heterocycles. The van der Waals surface area contributed by atoms with Crippen LogP contribution in [0.15, 0.2) is 33.7 Å². The average Bonchev–Trinajstić information content (AvgIpc) is 2.50. The van der Waals surface area contributed by atoms with E-state index in [1.165, 1.54) is 5.56 Å². The van der Waals surface area contributed by atoms with Crippen molar-refractivity contribution >= 4 is 27.9 Å². The molecule has 0 saturated heterocycles. The molecule has 122 valence electrons. The van der Waals surface area contributed by atoms with Crippen molar-refractivity contribution in [2.24, 2.45) is 4.99 Å². The van der Waals surface area contributed by atoms with Crippen LogP contribution in [0.5, 0.6) is 0 Å². The molecule has 0 saturated carbocycles. The van der Waals surface area contributed by atoms with Crippen LogP contribution in [-0.4, -0.2) is 44.1 Å². The van der Waals surface area contributed by atoms with Crippen LogP contribution < -0.4 is 5.32 Å². The summed E-state index contributed by atoms with van der Waals surface area (Å²) in [6, 6.07) is 8.21. The minimum Gasteiger partial charge on any atom is -0.466 e. The lowest BCUT2D eigenvalue weighted by atomic mass is 10.2. The van der Waals surface area contributed by atoms with Crippen LogP contribution in [0.2, 0.25) is 0 Å². The van der Waals surface area contributed by atoms with E-state index in [0.717, 1.165) is 23.4 Å². The molecule has 1 N–H and O–H groups in total. The summed E-state index contributed by atoms with van der Waals surface area (Å²) in [5.74, 6) is 0.661. The van der Waals surface area contributed by atoms with Gasteiger partial charge in [0.2, 0.25) is 0 Å². The Balaban J connectivity index is 2.37. The summed E-state index contributed by atoms with van der Waals surface area (Å²) in [6.45, 7) is 3.71. The Morgan fingerprint density at radius 2 is 2.05 bits per heavy atom. The van der Waals surface area contributed by atoms with E-state index in [9.17, 15) is 4.79 Å². The highest BCUT2D eigenvalue weighted by Gasteiger charge is 2.07. The molecule has 0 heterocycles. The fraction of sp³-hybridized carbons (Fsp3) is 0.500. The van der Waals surface area contributed by atoms with Gasteiger partial charge in [-0.2, -0.15) is 0 Å². The molecule has 5 nitrogen and oxygen atoms in total. The Hall–Kier alpha value is -1.56. The second-order valence-corrected chi connectivity index (χ2v) is 5.78. The first-order chi connectivity index (χ1) is 10.6. The van der Waals surface area contributed by atoms with Crippen LogP contribution in [0.25, 0.3) is 0 Å². The van der Waals surface area contributed by atoms with E-state index in [1.807, 2.05) is 31.0 Å². The third-order valence-corrected chi connectivity index (χ3v) is 3.58. The molecule has 0 radical (unpaired) electrons. The van der Waals surface area contributed by atoms with Crippen LogP contribution in [-0.2, 0) is 16.1 Å². The predicted molar refractivity (Wildman–Crippen MR) is 92.8 cm³/mol. The third-order valence-electron chi connectivity index (χ3n) is 3.05. The largest absolute Gasteiger partial charge is 0.466 e. The maximum atomic E-state index is 11.3. The zero-order valence-electron chi connectivity index (χ0n) is 13.4. The van der Waals surface area contributed by atoms with Gasteiger partial charge in [0.05, 0.1) is 6.61 Å². The standard InChI is InChI=1S/C16H24BrN3O2/c1-4-22-15(21)6-5-11-19-16(18-2)20(3)12-13-7-9-14(17)10-8-13/h7-10H,4-6,11-12H2,1-3H3,(H,18,19). The van der Waals surface area contributed by atoms with Gasteiger partial charge in [0.25, 0.3) is 0 Å². The number of hydrogen-bond donors (Lipinski definition) is 1. The van der Waals surface area contributed by atoms with Gasteiger partial charge in [-0.1, -0.05) is 28.1 Å². The SMILES string of the molecule is CCOC(=O)CCCNC(=NC)N(C)Cc1ccc(Br)cc1. The number of nitrogens with one attached hydrogen (secondary N) is 1. The van der Waals surface area contributed by atoms with Gasteiger partial charge in [-0.15, -0.1) is 0 Å². The number of rotatable bonds is 7. The van der Waals surface area contributed by atoms with Crippen LogP contribution in [0, 0.1) is 0 Å². The highest BCUT2D eigenvalue weighted by Crippen LogP contribution is 2.11. The van der Waals surface area contributed by atoms with Crippen molar-refractivity contribution in [1.29, 1.82) is 0 Å². The topological polar surface area (TPSA) is 53.9 Å². The fourth-order valence-electron chi connectivity index (χ4n) is 1.99. The maximum absolute atomic E-state index is 11.3. The smallest absolute Gasteiger partial charge is 0.305 e. The van der Waals surface area contributed by atoms with Crippen molar-refractivity contribution in [3.63, 3.8) is 0 Å². The second-order valence-electron chi connectivity index (χ2n) is 4.87. The van der Waals surface area contributed by atoms with Crippen molar-refractivity contribution in [2.75, 3.05) is 27.2 Å². The lowest BCUT2D eigenvalue weighted by molar-refractivity contribution is -0.143. The molecule has 0 unspecified atom stereocenters. The van der Waals surface area contributed by atoms with Gasteiger partial charge in [0, 0.05) is 38.1 Å². The summed E-state index contributed by atoms with van der Waals surface area (Å²) in [6.07, 6.45) is 1.15. The molecule has 0 aliphatic rings. The maximum Gasteiger partial charge on any atom is 0.305 e. The van der Waals surface area contributed by atoms with E-state index in [2.05, 4.69) is 38.4 Å². The molecule has 1 aromatic carbocycles. The van der Waals surface area contributed by atoms with Gasteiger partial charge < -0.3 is 15.0 Å². The van der Waals surface area contributed by atoms with Gasteiger partial charge >= 0.3 is 5.97 Å². The molecule has 0 fully saturated rings. The molecule has 0 bridgehead atoms. The van der Waals surface area contributed by atoms with Gasteiger partial charge in [-0.3, -0.25) is 9.79 Å². The van der Waals surface area contributed by atoms with Gasteiger partial charge in [-0.05, 0) is 31.0 Å². The monoisotopic (exact) mass is 369 g/mol. The Kier molecular flexibility index (Phi) is 8.58. The van der Waals surface area contributed by atoms with Crippen molar-refractivity contribution in [1.82, 2.24) is 10.2 Å². The van der Waals surface area contributed by atoms with Crippen LogP contribution >= 0.6 is 15.9 Å². The van der Waals surface area contributed by atoms with Crippen molar-refractivity contribution in [2.45, 2.75) is 26.3 Å². The zero-order valence-corrected chi connectivity index (χ0v) is 15.0. The number of nitrogens with zero attached hydrogens (tertiary/aromatic N) is 2. The van der Waals surface area contributed by atoms with E-state index in [0.29, 0.717) is 19.6 Å². The van der Waals surface area contributed by atoms with E-state index in [-0.39, 0.29) is 5.97 Å². The quantitative estimate of drug-likeness (QED) is 0.347. The molecule has 6 heteroatoms. The summed E-state index contributed by atoms with van der Waals surface area (Å²) in [5, 5.41) is 3.26. The molecule has 0 aliphatic carbocycles. The first kappa shape index (κ1) is 18.5. The Bertz CT molecular complexity index is 489. The molecular formula is C16H24BrN3O2. The fourth-order valence-corrected chi connectivity index (χ4v) is 2.25. The molecule has 0 aromatic heterocycles. The van der Waals surface area contributed by atoms with Gasteiger partial charge in [-0.25, -0.2) is 0 Å². The number of ether oxygens (including phenoxy) is 1. The Labute approximate surface area is 140 Å². The third kappa shape index (κ3) is 6.93. The average molecular weight is 370 g/mol. The summed E-state index contributed by atoms with van der Waals surface area (Å²) >= 11 is 3.43. The van der Waals surface area contributed by atoms with Crippen molar-refractivity contribution in [3.8, 4) is 0 Å². The molecule has 0 spiro atoms. The van der Waals surface area contributed by atoms with Crippen LogP contribution in [0.1, 0.15) is 25.3 Å². The van der Waals surface area contributed by atoms with Crippen molar-refractivity contribution in [3.05, 3.63) is 34.3 Å². The molecule has 0 atom stereocenters. The first-order valence-electron chi connectivity index (χ1n) is 7.38. The normalized spacial score (nSPS) is 11.2. The van der Waals surface area contributed by atoms with Crippen LogP contribution in [0.3, 0.4) is 0 Å². The van der Waals surface area contributed by atoms with Crippen LogP contribution in [0.4, 0.5) is 0 Å². The molecule has 1 rings (SSSR count). The lowest BCUT2D eigenvalue weighted by Gasteiger charge is -2.22. The number of guanidine groups is 1. The Morgan fingerprint density at radius 3 is 2.64 bits per heavy atom. The summed E-state index contributed by atoms with van der Waals surface area (Å²) in [4.78, 5) is 17.6. The Morgan fingerprint density at radius 1 is 1.36 bits per heavy atom. The second kappa shape index (κ2) is 10.2. The number of carbonyl (C=O) groups excluding carboxylic acids is 1. The minimum absolute atomic E-state index is 0.150. The van der Waals surface area contributed by atoms with Gasteiger partial charge in [0.15, 0.2) is 5.96 Å². The van der Waals surface area contributed by atoms with E-state index in [4.69, 9.17) is 4.74 Å². The summed E-state index contributed by atoms with van der Waals surface area (Å²) in [7, 11) is 3.74. The summed E-state index contributed by atoms with van der Waals surface area (Å²) < 4.78 is 5.97. The highest BCUT2D eigenvalue weighted by atomic mass is 79.9. The predicted octanol–water partition coefficient (Wildman–Crippen LogP) is 2.80. The number of benzene rings is 1. The van der Waals surface area contributed by atoms with E-state index >= 15 is 0 Å². The summed E-state index contributed by atoms with van der Waals surface area (Å²) in [5.41, 5.74) is 1.21. The highest BCUT2D eigenvalue weighted by molar-refractivity contribution is 9.10. The molecule has 0 amide bonds. The van der Waals surface area contributed by atoms with E-state index < -0.39 is 0 Å². The lowest BCUT2D eigenvalue weighted by Crippen LogP contribution is -2.39. The zero-order chi connectivity index (χ0) is 16.4. The molecule has 1 aromatic rings. The van der Waals surface area contributed by atoms with Crippen molar-refractivity contribution < 1.29 is 9.53 Å². The molecular weight excluding hydrogens is 346 g/mol. The number of hydrogen-bond acceptors (Lipinski definition) is 3. The number of aliphatic imine (C=N–C) groups is 1. The minimum atomic E-state index is -0.150. The number of halogens is 1. The molecule has 22 heavy (non-hydrogen) atoms. The first-order valence-corrected chi connectivity index (χ1v) is 8.18. The van der Waals surface area contributed by atoms with Gasteiger partial charge in [0.1, 0.15) is 0 Å². The number of carbonyl (C=O) groups is 1.